The number of aryl methyl sites for hydroxylation is 1. The van der Waals surface area contributed by atoms with Crippen molar-refractivity contribution in [2.45, 2.75) is 82.3 Å². The van der Waals surface area contributed by atoms with Gasteiger partial charge in [-0.25, -0.2) is 4.98 Å². The quantitative estimate of drug-likeness (QED) is 0.409. The van der Waals surface area contributed by atoms with E-state index in [1.807, 2.05) is 6.92 Å². The Labute approximate surface area is 267 Å². The number of sulfonamides is 1. The van der Waals surface area contributed by atoms with Gasteiger partial charge in [0.25, 0.3) is 15.9 Å². The molecule has 0 unspecified atom stereocenters. The highest BCUT2D eigenvalue weighted by atomic mass is 32.2. The molecule has 0 radical (unpaired) electrons. The first kappa shape index (κ1) is 37.1. The van der Waals surface area contributed by atoms with Crippen LogP contribution in [0, 0.1) is 5.92 Å². The highest BCUT2D eigenvalue weighted by Gasteiger charge is 2.33. The van der Waals surface area contributed by atoms with Gasteiger partial charge < -0.3 is 28.9 Å². The molecule has 1 aliphatic heterocycles. The van der Waals surface area contributed by atoms with E-state index in [9.17, 15) is 36.3 Å². The van der Waals surface area contributed by atoms with Gasteiger partial charge in [-0.1, -0.05) is 6.92 Å². The number of aromatic nitrogens is 2. The predicted octanol–water partition coefficient (Wildman–Crippen LogP) is 3.82. The van der Waals surface area contributed by atoms with Crippen LogP contribution in [0.15, 0.2) is 35.7 Å². The second kappa shape index (κ2) is 16.0. The Morgan fingerprint density at radius 1 is 1.26 bits per heavy atom. The first-order valence-corrected chi connectivity index (χ1v) is 16.6. The highest BCUT2D eigenvalue weighted by molar-refractivity contribution is 7.92. The largest absolute Gasteiger partial charge is 0.490 e. The minimum absolute atomic E-state index is 0.00292. The fraction of sp³-hybridized carbons (Fsp3) is 0.633. The zero-order valence-corrected chi connectivity index (χ0v) is 27.6. The van der Waals surface area contributed by atoms with Gasteiger partial charge >= 0.3 is 6.18 Å². The number of hydrogen-bond acceptors (Lipinski definition) is 8. The molecule has 0 spiro atoms. The number of aliphatic hydroxyl groups excluding tert-OH is 1. The number of ether oxygens (including phenoxy) is 2. The highest BCUT2D eigenvalue weighted by Crippen LogP contribution is 2.29. The number of halogens is 3. The maximum Gasteiger partial charge on any atom is 0.389 e. The van der Waals surface area contributed by atoms with Crippen molar-refractivity contribution in [2.24, 2.45) is 13.0 Å². The van der Waals surface area contributed by atoms with Crippen molar-refractivity contribution in [2.75, 3.05) is 38.1 Å². The predicted molar refractivity (Wildman–Crippen MR) is 164 cm³/mol. The van der Waals surface area contributed by atoms with Crippen molar-refractivity contribution in [3.63, 3.8) is 0 Å². The number of carbonyl (C=O) groups is 2. The molecule has 0 saturated heterocycles. The molecule has 1 aromatic carbocycles. The minimum atomic E-state index is -4.46. The number of fused-ring (bicyclic) bond motifs is 1. The third kappa shape index (κ3) is 10.6. The number of carbonyl (C=O) groups excluding carboxylic acids is 2. The van der Waals surface area contributed by atoms with Crippen LogP contribution in [0.25, 0.3) is 0 Å². The first-order chi connectivity index (χ1) is 21.5. The molecule has 4 atom stereocenters. The Hall–Kier alpha value is -3.37. The Bertz CT molecular complexity index is 1440. The molecule has 0 aliphatic carbocycles. The van der Waals surface area contributed by atoms with E-state index in [4.69, 9.17) is 9.47 Å². The standard InChI is InChI=1S/C30H44F3N5O7S/c1-20-15-38(21(2)18-39)29(41)24-14-23(35-46(42,43)27-17-36(4)19-34-27)9-10-25(24)45-22(3)8-6-7-13-44-26(20)16-37(5)28(40)11-12-30(31,32)33/h9-10,14,17,19-22,26,35,39H,6-8,11-13,15-16,18H2,1-5H3/t20-,21-,22-,26-/m1/s1. The molecule has 2 amide bonds. The summed E-state index contributed by atoms with van der Waals surface area (Å²) in [4.78, 5) is 33.2. The van der Waals surface area contributed by atoms with E-state index in [0.29, 0.717) is 25.9 Å². The van der Waals surface area contributed by atoms with Crippen molar-refractivity contribution < 1.29 is 45.8 Å². The number of aliphatic hydroxyl groups is 1. The number of nitrogens with one attached hydrogen (secondary N) is 1. The van der Waals surface area contributed by atoms with Crippen molar-refractivity contribution in [1.29, 1.82) is 0 Å². The molecule has 16 heteroatoms. The fourth-order valence-corrected chi connectivity index (χ4v) is 6.03. The van der Waals surface area contributed by atoms with Gasteiger partial charge in [0.15, 0.2) is 5.03 Å². The Kier molecular flexibility index (Phi) is 12.9. The van der Waals surface area contributed by atoms with Crippen LogP contribution in [-0.4, -0.2) is 102 Å². The third-order valence-electron chi connectivity index (χ3n) is 7.76. The summed E-state index contributed by atoms with van der Waals surface area (Å²) in [5, 5.41) is 9.89. The molecule has 258 valence electrons. The van der Waals surface area contributed by atoms with Crippen LogP contribution < -0.4 is 9.46 Å². The zero-order chi connectivity index (χ0) is 34.2. The number of amides is 2. The summed E-state index contributed by atoms with van der Waals surface area (Å²) in [5.74, 6) is -1.40. The summed E-state index contributed by atoms with van der Waals surface area (Å²) >= 11 is 0. The van der Waals surface area contributed by atoms with E-state index in [-0.39, 0.29) is 41.2 Å². The number of likely N-dealkylation sites (N-methyl/N-ethyl adjacent to an activating group) is 1. The van der Waals surface area contributed by atoms with Gasteiger partial charge in [0, 0.05) is 58.0 Å². The number of anilines is 1. The summed E-state index contributed by atoms with van der Waals surface area (Å²) in [6, 6.07) is 3.69. The molecule has 46 heavy (non-hydrogen) atoms. The molecule has 0 bridgehead atoms. The van der Waals surface area contributed by atoms with Crippen LogP contribution in [0.3, 0.4) is 0 Å². The second-order valence-corrected chi connectivity index (χ2v) is 13.5. The van der Waals surface area contributed by atoms with Crippen LogP contribution in [0.1, 0.15) is 63.2 Å². The molecule has 3 rings (SSSR count). The number of alkyl halides is 3. The topological polar surface area (TPSA) is 143 Å². The van der Waals surface area contributed by atoms with Crippen molar-refractivity contribution >= 4 is 27.5 Å². The first-order valence-electron chi connectivity index (χ1n) is 15.2. The summed E-state index contributed by atoms with van der Waals surface area (Å²) in [5.41, 5.74) is 0.162. The van der Waals surface area contributed by atoms with E-state index in [2.05, 4.69) is 9.71 Å². The molecule has 0 fully saturated rings. The normalized spacial score (nSPS) is 21.1. The van der Waals surface area contributed by atoms with E-state index in [1.54, 1.807) is 20.9 Å². The maximum absolute atomic E-state index is 14.2. The zero-order valence-electron chi connectivity index (χ0n) is 26.8. The van der Waals surface area contributed by atoms with E-state index < -0.39 is 65.5 Å². The lowest BCUT2D eigenvalue weighted by molar-refractivity contribution is -0.149. The average Bonchev–Trinajstić information content (AvgIpc) is 3.44. The SMILES string of the molecule is C[C@@H]1CCCCO[C@H](CN(C)C(=O)CCC(F)(F)F)[C@H](C)CN([C@H](C)CO)C(=O)c2cc(NS(=O)(=O)c3cn(C)cn3)ccc2O1. The monoisotopic (exact) mass is 675 g/mol. The summed E-state index contributed by atoms with van der Waals surface area (Å²) in [6.07, 6.45) is -2.67. The summed E-state index contributed by atoms with van der Waals surface area (Å²) < 4.78 is 80.4. The van der Waals surface area contributed by atoms with Crippen LogP contribution in [-0.2, 0) is 26.6 Å². The number of benzene rings is 1. The van der Waals surface area contributed by atoms with Crippen LogP contribution in [0.5, 0.6) is 5.75 Å². The van der Waals surface area contributed by atoms with Gasteiger partial charge in [-0.05, 0) is 51.3 Å². The average molecular weight is 676 g/mol. The molecule has 12 nitrogen and oxygen atoms in total. The number of nitrogens with zero attached hydrogens (tertiary/aromatic N) is 4. The van der Waals surface area contributed by atoms with E-state index >= 15 is 0 Å². The number of imidazole rings is 1. The number of rotatable bonds is 9. The Morgan fingerprint density at radius 3 is 2.61 bits per heavy atom. The smallest absolute Gasteiger partial charge is 0.389 e. The summed E-state index contributed by atoms with van der Waals surface area (Å²) in [6.45, 7) is 5.28. The lowest BCUT2D eigenvalue weighted by Gasteiger charge is -2.36. The van der Waals surface area contributed by atoms with Gasteiger partial charge in [-0.3, -0.25) is 14.3 Å². The fourth-order valence-electron chi connectivity index (χ4n) is 4.99. The molecular weight excluding hydrogens is 631 g/mol. The minimum Gasteiger partial charge on any atom is -0.490 e. The molecule has 2 aromatic rings. The third-order valence-corrected chi connectivity index (χ3v) is 9.03. The summed E-state index contributed by atoms with van der Waals surface area (Å²) in [7, 11) is -1.03. The van der Waals surface area contributed by atoms with E-state index in [1.165, 1.54) is 52.1 Å². The Balaban J connectivity index is 1.95. The lowest BCUT2D eigenvalue weighted by atomic mass is 10.0. The van der Waals surface area contributed by atoms with E-state index in [0.717, 1.165) is 0 Å². The Morgan fingerprint density at radius 2 is 1.98 bits per heavy atom. The van der Waals surface area contributed by atoms with Gasteiger partial charge in [-0.2, -0.15) is 21.6 Å². The van der Waals surface area contributed by atoms with Gasteiger partial charge in [0.1, 0.15) is 5.75 Å². The van der Waals surface area contributed by atoms with Crippen molar-refractivity contribution in [1.82, 2.24) is 19.4 Å². The molecule has 2 N–H and O–H groups in total. The van der Waals surface area contributed by atoms with Gasteiger partial charge in [-0.15, -0.1) is 0 Å². The molecule has 0 saturated carbocycles. The molecule has 1 aromatic heterocycles. The molecular formula is C30H44F3N5O7S. The van der Waals surface area contributed by atoms with Crippen LogP contribution in [0.4, 0.5) is 18.9 Å². The van der Waals surface area contributed by atoms with Crippen LogP contribution >= 0.6 is 0 Å². The molecule has 2 heterocycles. The van der Waals surface area contributed by atoms with Gasteiger partial charge in [0.2, 0.25) is 5.91 Å². The second-order valence-electron chi connectivity index (χ2n) is 11.9. The lowest BCUT2D eigenvalue weighted by Crippen LogP contribution is -2.48. The van der Waals surface area contributed by atoms with Gasteiger partial charge in [0.05, 0.1) is 43.2 Å². The van der Waals surface area contributed by atoms with Crippen LogP contribution in [0.2, 0.25) is 0 Å². The van der Waals surface area contributed by atoms with Crippen molar-refractivity contribution in [3.05, 3.63) is 36.3 Å². The number of hydrogen-bond donors (Lipinski definition) is 2. The maximum atomic E-state index is 14.2. The molecule has 1 aliphatic rings. The van der Waals surface area contributed by atoms with Crippen molar-refractivity contribution in [3.8, 4) is 5.75 Å².